The Morgan fingerprint density at radius 1 is 1.22 bits per heavy atom. The lowest BCUT2D eigenvalue weighted by molar-refractivity contribution is -0.141. The van der Waals surface area contributed by atoms with E-state index in [1.807, 2.05) is 0 Å². The number of nitrogens with zero attached hydrogens (tertiary/aromatic N) is 3. The van der Waals surface area contributed by atoms with E-state index in [4.69, 9.17) is 0 Å². The van der Waals surface area contributed by atoms with Crippen molar-refractivity contribution in [3.05, 3.63) is 53.5 Å². The highest BCUT2D eigenvalue weighted by Crippen LogP contribution is 2.32. The predicted molar refractivity (Wildman–Crippen MR) is 112 cm³/mol. The molecule has 3 rings (SSSR count). The summed E-state index contributed by atoms with van der Waals surface area (Å²) < 4.78 is 63.0. The van der Waals surface area contributed by atoms with E-state index in [9.17, 15) is 31.5 Å². The van der Waals surface area contributed by atoms with Crippen molar-refractivity contribution < 1.29 is 31.5 Å². The average molecular weight is 470 g/mol. The van der Waals surface area contributed by atoms with E-state index >= 15 is 0 Å². The highest BCUT2D eigenvalue weighted by atomic mass is 32.2. The van der Waals surface area contributed by atoms with Crippen molar-refractivity contribution in [2.45, 2.75) is 32.2 Å². The van der Waals surface area contributed by atoms with Crippen molar-refractivity contribution in [2.24, 2.45) is 0 Å². The molecule has 172 valence electrons. The van der Waals surface area contributed by atoms with Crippen LogP contribution in [0.15, 0.2) is 36.5 Å². The van der Waals surface area contributed by atoms with Gasteiger partial charge in [-0.1, -0.05) is 6.07 Å². The number of pyridine rings is 1. The largest absolute Gasteiger partial charge is 0.433 e. The first-order valence-corrected chi connectivity index (χ1v) is 11.5. The zero-order chi connectivity index (χ0) is 23.9. The second kappa shape index (κ2) is 8.17. The molecule has 0 aliphatic carbocycles. The van der Waals surface area contributed by atoms with Gasteiger partial charge in [0.15, 0.2) is 0 Å². The normalized spacial score (nSPS) is 12.8. The zero-order valence-corrected chi connectivity index (χ0v) is 18.3. The van der Waals surface area contributed by atoms with Crippen LogP contribution in [0.1, 0.15) is 35.6 Å². The number of sulfone groups is 1. The second-order valence-electron chi connectivity index (χ2n) is 7.90. The molecule has 1 aromatic carbocycles. The molecule has 3 aromatic rings. The van der Waals surface area contributed by atoms with E-state index in [1.165, 1.54) is 30.7 Å². The van der Waals surface area contributed by atoms with Gasteiger partial charge in [0.1, 0.15) is 21.2 Å². The van der Waals surface area contributed by atoms with Crippen LogP contribution in [-0.4, -0.2) is 46.2 Å². The highest BCUT2D eigenvalue weighted by Gasteiger charge is 2.33. The zero-order valence-electron chi connectivity index (χ0n) is 17.4. The Bertz CT molecular complexity index is 1280. The molecule has 0 aliphatic rings. The Hall–Kier alpha value is -2.99. The molecule has 0 aliphatic heterocycles. The summed E-state index contributed by atoms with van der Waals surface area (Å²) >= 11 is 0. The molecule has 0 atom stereocenters. The van der Waals surface area contributed by atoms with Crippen molar-refractivity contribution in [1.82, 2.24) is 14.8 Å². The molecule has 0 spiro atoms. The van der Waals surface area contributed by atoms with Crippen LogP contribution < -0.4 is 5.32 Å². The summed E-state index contributed by atoms with van der Waals surface area (Å²) in [6, 6.07) is 6.03. The van der Waals surface area contributed by atoms with E-state index in [2.05, 4.69) is 15.4 Å². The van der Waals surface area contributed by atoms with Gasteiger partial charge in [0, 0.05) is 29.1 Å². The van der Waals surface area contributed by atoms with Crippen molar-refractivity contribution in [3.8, 4) is 0 Å². The maximum absolute atomic E-state index is 12.9. The molecular formula is C20H21F3N4O4S. The van der Waals surface area contributed by atoms with Gasteiger partial charge in [-0.05, 0) is 38.1 Å². The Morgan fingerprint density at radius 3 is 2.50 bits per heavy atom. The number of nitrogens with one attached hydrogen (secondary N) is 1. The number of halogens is 3. The van der Waals surface area contributed by atoms with Gasteiger partial charge in [-0.25, -0.2) is 13.4 Å². The Balaban J connectivity index is 1.98. The maximum Gasteiger partial charge on any atom is 0.433 e. The molecule has 0 bridgehead atoms. The smallest absolute Gasteiger partial charge is 0.386 e. The van der Waals surface area contributed by atoms with Gasteiger partial charge in [-0.3, -0.25) is 9.48 Å². The number of carbonyl (C=O) groups is 1. The fourth-order valence-corrected chi connectivity index (χ4v) is 3.53. The van der Waals surface area contributed by atoms with E-state index in [-0.39, 0.29) is 23.5 Å². The maximum atomic E-state index is 12.9. The molecule has 0 fully saturated rings. The third-order valence-corrected chi connectivity index (χ3v) is 5.49. The predicted octanol–water partition coefficient (Wildman–Crippen LogP) is 2.97. The minimum absolute atomic E-state index is 0.112. The number of aryl methyl sites for hydroxylation is 1. The quantitative estimate of drug-likeness (QED) is 0.573. The molecule has 2 heterocycles. The molecule has 2 aromatic heterocycles. The second-order valence-corrected chi connectivity index (χ2v) is 10.2. The number of anilines is 1. The van der Waals surface area contributed by atoms with Crippen LogP contribution in [0.2, 0.25) is 0 Å². The molecule has 32 heavy (non-hydrogen) atoms. The molecule has 0 saturated heterocycles. The molecular weight excluding hydrogens is 449 g/mol. The minimum atomic E-state index is -4.70. The van der Waals surface area contributed by atoms with Crippen LogP contribution in [0.25, 0.3) is 10.9 Å². The molecule has 8 nitrogen and oxygen atoms in total. The van der Waals surface area contributed by atoms with E-state index in [0.29, 0.717) is 10.9 Å². The number of benzene rings is 1. The molecule has 1 amide bonds. The van der Waals surface area contributed by atoms with Crippen molar-refractivity contribution in [2.75, 3.05) is 17.3 Å². The number of rotatable bonds is 6. The first-order valence-electron chi connectivity index (χ1n) is 9.41. The third-order valence-electron chi connectivity index (χ3n) is 4.56. The molecule has 2 N–H and O–H groups in total. The standard InChI is InChI=1S/C20H21F3N4O4S/c1-19(2,29)13-10-15-12(11-27(26-15)7-8-32(3,30)31)9-16(13)25-18(28)14-5-4-6-17(24-14)20(21,22)23/h4-6,9-11,29H,7-8H2,1-3H3,(H,25,28). The van der Waals surface area contributed by atoms with Gasteiger partial charge in [-0.2, -0.15) is 18.3 Å². The number of aromatic nitrogens is 3. The summed E-state index contributed by atoms with van der Waals surface area (Å²) in [5, 5.41) is 17.9. The first kappa shape index (κ1) is 23.7. The first-order chi connectivity index (χ1) is 14.6. The van der Waals surface area contributed by atoms with Crippen LogP contribution in [0, 0.1) is 0 Å². The topological polar surface area (TPSA) is 114 Å². The monoisotopic (exact) mass is 470 g/mol. The summed E-state index contributed by atoms with van der Waals surface area (Å²) in [4.78, 5) is 16.0. The van der Waals surface area contributed by atoms with Gasteiger partial charge < -0.3 is 10.4 Å². The molecule has 0 radical (unpaired) electrons. The average Bonchev–Trinajstić information content (AvgIpc) is 3.06. The summed E-state index contributed by atoms with van der Waals surface area (Å²) in [6.45, 7) is 3.07. The number of hydrogen-bond acceptors (Lipinski definition) is 6. The van der Waals surface area contributed by atoms with E-state index < -0.39 is 38.9 Å². The lowest BCUT2D eigenvalue weighted by atomic mass is 9.95. The molecule has 0 unspecified atom stereocenters. The van der Waals surface area contributed by atoms with Gasteiger partial charge in [0.2, 0.25) is 0 Å². The number of alkyl halides is 3. The van der Waals surface area contributed by atoms with E-state index in [0.717, 1.165) is 24.5 Å². The highest BCUT2D eigenvalue weighted by molar-refractivity contribution is 7.90. The van der Waals surface area contributed by atoms with Crippen molar-refractivity contribution >= 4 is 32.3 Å². The Morgan fingerprint density at radius 2 is 1.91 bits per heavy atom. The van der Waals surface area contributed by atoms with Gasteiger partial charge in [0.05, 0.1) is 23.4 Å². The number of amides is 1. The van der Waals surface area contributed by atoms with Gasteiger partial charge in [-0.15, -0.1) is 0 Å². The number of hydrogen-bond donors (Lipinski definition) is 2. The van der Waals surface area contributed by atoms with Crippen LogP contribution in [0.5, 0.6) is 0 Å². The molecule has 12 heteroatoms. The van der Waals surface area contributed by atoms with E-state index in [1.54, 1.807) is 6.20 Å². The summed E-state index contributed by atoms with van der Waals surface area (Å²) in [5.41, 5.74) is -2.17. The number of carbonyl (C=O) groups excluding carboxylic acids is 1. The minimum Gasteiger partial charge on any atom is -0.386 e. The van der Waals surface area contributed by atoms with Crippen LogP contribution in [0.4, 0.5) is 18.9 Å². The third kappa shape index (κ3) is 5.62. The van der Waals surface area contributed by atoms with Crippen LogP contribution >= 0.6 is 0 Å². The Kier molecular flexibility index (Phi) is 6.04. The summed E-state index contributed by atoms with van der Waals surface area (Å²) in [6.07, 6.45) is -2.01. The van der Waals surface area contributed by atoms with Crippen LogP contribution in [0.3, 0.4) is 0 Å². The molecule has 0 saturated carbocycles. The number of aliphatic hydroxyl groups is 1. The number of fused-ring (bicyclic) bond motifs is 1. The van der Waals surface area contributed by atoms with Gasteiger partial charge >= 0.3 is 6.18 Å². The Labute approximate surface area is 182 Å². The van der Waals surface area contributed by atoms with Crippen molar-refractivity contribution in [1.29, 1.82) is 0 Å². The van der Waals surface area contributed by atoms with Crippen molar-refractivity contribution in [3.63, 3.8) is 0 Å². The summed E-state index contributed by atoms with van der Waals surface area (Å²) in [5.74, 6) is -1.00. The van der Waals surface area contributed by atoms with Crippen LogP contribution in [-0.2, 0) is 28.2 Å². The lowest BCUT2D eigenvalue weighted by Gasteiger charge is -2.22. The fourth-order valence-electron chi connectivity index (χ4n) is 3.01. The van der Waals surface area contributed by atoms with Gasteiger partial charge in [0.25, 0.3) is 5.91 Å². The lowest BCUT2D eigenvalue weighted by Crippen LogP contribution is -2.22. The fraction of sp³-hybridized carbons (Fsp3) is 0.350. The summed E-state index contributed by atoms with van der Waals surface area (Å²) in [7, 11) is -3.20. The SMILES string of the molecule is CC(C)(O)c1cc2nn(CCS(C)(=O)=O)cc2cc1NC(=O)c1cccc(C(F)(F)F)n1.